The highest BCUT2D eigenvalue weighted by Crippen LogP contribution is 2.48. The van der Waals surface area contributed by atoms with Crippen molar-refractivity contribution in [3.8, 4) is 6.07 Å². The Hall–Kier alpha value is -2.16. The number of hydrogen-bond acceptors (Lipinski definition) is 5. The minimum Gasteiger partial charge on any atom is -0.369 e. The van der Waals surface area contributed by atoms with Gasteiger partial charge in [0.15, 0.2) is 0 Å². The summed E-state index contributed by atoms with van der Waals surface area (Å²) in [6, 6.07) is 3.24. The van der Waals surface area contributed by atoms with Crippen LogP contribution in [0.1, 0.15) is 31.2 Å². The van der Waals surface area contributed by atoms with Gasteiger partial charge in [0.25, 0.3) is 5.69 Å². The molecule has 20 heavy (non-hydrogen) atoms. The van der Waals surface area contributed by atoms with Crippen LogP contribution >= 0.6 is 0 Å². The number of nitriles is 1. The van der Waals surface area contributed by atoms with Crippen LogP contribution in [0.3, 0.4) is 0 Å². The van der Waals surface area contributed by atoms with Crippen molar-refractivity contribution in [1.29, 1.82) is 5.26 Å². The number of pyridine rings is 1. The highest BCUT2D eigenvalue weighted by atomic mass is 16.6. The molecule has 2 fully saturated rings. The summed E-state index contributed by atoms with van der Waals surface area (Å²) in [4.78, 5) is 14.2. The fraction of sp³-hybridized carbons (Fsp3) is 0.571. The molecule has 0 spiro atoms. The fourth-order valence-electron chi connectivity index (χ4n) is 3.63. The van der Waals surface area contributed by atoms with E-state index in [-0.39, 0.29) is 11.3 Å². The van der Waals surface area contributed by atoms with Gasteiger partial charge in [-0.3, -0.25) is 10.1 Å². The summed E-state index contributed by atoms with van der Waals surface area (Å²) in [6.45, 7) is 0.806. The summed E-state index contributed by atoms with van der Waals surface area (Å²) >= 11 is 0. The third kappa shape index (κ3) is 2.31. The molecule has 1 N–H and O–H groups in total. The lowest BCUT2D eigenvalue weighted by atomic mass is 9.89. The minimum absolute atomic E-state index is 0.146. The van der Waals surface area contributed by atoms with Crippen molar-refractivity contribution in [3.05, 3.63) is 27.9 Å². The Bertz CT molecular complexity index is 581. The summed E-state index contributed by atoms with van der Waals surface area (Å²) in [5.41, 5.74) is 0.0920. The van der Waals surface area contributed by atoms with Crippen molar-refractivity contribution in [2.24, 2.45) is 17.8 Å². The third-order valence-corrected chi connectivity index (χ3v) is 4.62. The first-order valence-corrected chi connectivity index (χ1v) is 6.95. The second kappa shape index (κ2) is 5.08. The van der Waals surface area contributed by atoms with Crippen molar-refractivity contribution in [2.75, 3.05) is 11.9 Å². The lowest BCUT2D eigenvalue weighted by Gasteiger charge is -2.22. The molecule has 2 saturated carbocycles. The van der Waals surface area contributed by atoms with Crippen LogP contribution in [0.15, 0.2) is 12.3 Å². The van der Waals surface area contributed by atoms with Crippen LogP contribution in [-0.4, -0.2) is 16.5 Å². The first-order chi connectivity index (χ1) is 9.67. The summed E-state index contributed by atoms with van der Waals surface area (Å²) < 4.78 is 0. The zero-order chi connectivity index (χ0) is 14.1. The molecule has 3 atom stereocenters. The van der Waals surface area contributed by atoms with Gasteiger partial charge in [0.1, 0.15) is 23.6 Å². The SMILES string of the molecule is N#Cc1cc([N+](=O)[O-])cnc1NCC1CC2CCC1C2. The minimum atomic E-state index is -0.534. The van der Waals surface area contributed by atoms with E-state index in [1.807, 2.05) is 6.07 Å². The van der Waals surface area contributed by atoms with Gasteiger partial charge in [-0.1, -0.05) is 6.42 Å². The Morgan fingerprint density at radius 3 is 2.95 bits per heavy atom. The van der Waals surface area contributed by atoms with Crippen molar-refractivity contribution < 1.29 is 4.92 Å². The molecule has 0 aromatic carbocycles. The number of nitrogens with zero attached hydrogens (tertiary/aromatic N) is 3. The predicted molar refractivity (Wildman–Crippen MR) is 73.0 cm³/mol. The van der Waals surface area contributed by atoms with E-state index in [1.54, 1.807) is 0 Å². The normalized spacial score (nSPS) is 27.2. The van der Waals surface area contributed by atoms with E-state index in [4.69, 9.17) is 5.26 Å². The Morgan fingerprint density at radius 1 is 1.50 bits per heavy atom. The van der Waals surface area contributed by atoms with Gasteiger partial charge in [-0.2, -0.15) is 5.26 Å². The van der Waals surface area contributed by atoms with Crippen LogP contribution in [-0.2, 0) is 0 Å². The number of nitro groups is 1. The van der Waals surface area contributed by atoms with E-state index in [2.05, 4.69) is 10.3 Å². The van der Waals surface area contributed by atoms with Gasteiger partial charge in [-0.25, -0.2) is 4.98 Å². The fourth-order valence-corrected chi connectivity index (χ4v) is 3.63. The van der Waals surface area contributed by atoms with Gasteiger partial charge in [-0.15, -0.1) is 0 Å². The number of nitrogens with one attached hydrogen (secondary N) is 1. The van der Waals surface area contributed by atoms with Crippen LogP contribution in [0.25, 0.3) is 0 Å². The second-order valence-electron chi connectivity index (χ2n) is 5.77. The van der Waals surface area contributed by atoms with Crippen molar-refractivity contribution >= 4 is 11.5 Å². The molecule has 1 heterocycles. The van der Waals surface area contributed by atoms with Gasteiger partial charge >= 0.3 is 0 Å². The Kier molecular flexibility index (Phi) is 3.26. The summed E-state index contributed by atoms with van der Waals surface area (Å²) in [7, 11) is 0. The molecular weight excluding hydrogens is 256 g/mol. The Labute approximate surface area is 117 Å². The van der Waals surface area contributed by atoms with Gasteiger partial charge in [0, 0.05) is 12.6 Å². The molecule has 3 rings (SSSR count). The van der Waals surface area contributed by atoms with E-state index in [0.717, 1.165) is 18.4 Å². The molecule has 6 heteroatoms. The zero-order valence-corrected chi connectivity index (χ0v) is 11.1. The Balaban J connectivity index is 1.68. The van der Waals surface area contributed by atoms with Gasteiger partial charge in [-0.05, 0) is 37.0 Å². The first kappa shape index (κ1) is 12.9. The van der Waals surface area contributed by atoms with Gasteiger partial charge in [0.05, 0.1) is 4.92 Å². The van der Waals surface area contributed by atoms with Crippen molar-refractivity contribution in [2.45, 2.75) is 25.7 Å². The lowest BCUT2D eigenvalue weighted by Crippen LogP contribution is -2.21. The van der Waals surface area contributed by atoms with Gasteiger partial charge < -0.3 is 5.32 Å². The number of rotatable bonds is 4. The molecule has 0 saturated heterocycles. The van der Waals surface area contributed by atoms with Crippen molar-refractivity contribution in [3.63, 3.8) is 0 Å². The maximum absolute atomic E-state index is 10.7. The van der Waals surface area contributed by atoms with Crippen LogP contribution in [0.5, 0.6) is 0 Å². The number of aromatic nitrogens is 1. The molecule has 0 amide bonds. The predicted octanol–water partition coefficient (Wildman–Crippen LogP) is 2.71. The van der Waals surface area contributed by atoms with E-state index in [1.165, 1.54) is 37.9 Å². The van der Waals surface area contributed by atoms with E-state index < -0.39 is 4.92 Å². The monoisotopic (exact) mass is 272 g/mol. The number of fused-ring (bicyclic) bond motifs is 2. The highest BCUT2D eigenvalue weighted by Gasteiger charge is 2.39. The molecule has 0 aliphatic heterocycles. The standard InChI is InChI=1S/C14H16N4O2/c15-6-11-5-13(18(19)20)8-17-14(11)16-7-12-4-9-1-2-10(12)3-9/h5,8-10,12H,1-4,7H2,(H,16,17). The summed E-state index contributed by atoms with van der Waals surface area (Å²) in [5.74, 6) is 2.79. The molecule has 2 aliphatic carbocycles. The van der Waals surface area contributed by atoms with Crippen LogP contribution in [0.4, 0.5) is 11.5 Å². The average molecular weight is 272 g/mol. The van der Waals surface area contributed by atoms with Crippen LogP contribution in [0.2, 0.25) is 0 Å². The molecule has 2 bridgehead atoms. The molecule has 1 aromatic heterocycles. The smallest absolute Gasteiger partial charge is 0.289 e. The summed E-state index contributed by atoms with van der Waals surface area (Å²) in [5, 5.41) is 22.9. The van der Waals surface area contributed by atoms with Crippen LogP contribution in [0, 0.1) is 39.2 Å². The number of hydrogen-bond donors (Lipinski definition) is 1. The molecular formula is C14H16N4O2. The molecule has 6 nitrogen and oxygen atoms in total. The molecule has 1 aromatic rings. The molecule has 3 unspecified atom stereocenters. The molecule has 104 valence electrons. The average Bonchev–Trinajstić information content (AvgIpc) is 3.07. The quantitative estimate of drug-likeness (QED) is 0.672. The topological polar surface area (TPSA) is 91.8 Å². The largest absolute Gasteiger partial charge is 0.369 e. The summed E-state index contributed by atoms with van der Waals surface area (Å²) in [6.07, 6.45) is 6.47. The number of anilines is 1. The zero-order valence-electron chi connectivity index (χ0n) is 11.1. The third-order valence-electron chi connectivity index (χ3n) is 4.62. The Morgan fingerprint density at radius 2 is 2.35 bits per heavy atom. The molecule has 2 aliphatic rings. The molecule has 0 radical (unpaired) electrons. The maximum Gasteiger partial charge on any atom is 0.289 e. The van der Waals surface area contributed by atoms with Crippen molar-refractivity contribution in [1.82, 2.24) is 4.98 Å². The lowest BCUT2D eigenvalue weighted by molar-refractivity contribution is -0.385. The van der Waals surface area contributed by atoms with E-state index >= 15 is 0 Å². The maximum atomic E-state index is 10.7. The van der Waals surface area contributed by atoms with Gasteiger partial charge in [0.2, 0.25) is 0 Å². The highest BCUT2D eigenvalue weighted by molar-refractivity contribution is 5.55. The van der Waals surface area contributed by atoms with E-state index in [0.29, 0.717) is 11.7 Å². The first-order valence-electron chi connectivity index (χ1n) is 6.95. The van der Waals surface area contributed by atoms with E-state index in [9.17, 15) is 10.1 Å². The van der Waals surface area contributed by atoms with Crippen LogP contribution < -0.4 is 5.32 Å². The second-order valence-corrected chi connectivity index (χ2v) is 5.77.